The van der Waals surface area contributed by atoms with Crippen LogP contribution in [0.4, 0.5) is 0 Å². The highest BCUT2D eigenvalue weighted by Crippen LogP contribution is 2.40. The fourth-order valence-electron chi connectivity index (χ4n) is 2.89. The molecule has 160 valence electrons. The third-order valence-corrected chi connectivity index (χ3v) is 5.02. The number of halogens is 1. The van der Waals surface area contributed by atoms with Crippen LogP contribution in [0.25, 0.3) is 11.0 Å². The van der Waals surface area contributed by atoms with E-state index in [1.807, 2.05) is 20.8 Å². The number of hydrogen-bond acceptors (Lipinski definition) is 6. The molecule has 0 N–H and O–H groups in total. The van der Waals surface area contributed by atoms with Crippen molar-refractivity contribution in [1.29, 1.82) is 0 Å². The fourth-order valence-corrected chi connectivity index (χ4v) is 3.46. The van der Waals surface area contributed by atoms with Crippen LogP contribution in [-0.2, 0) is 4.74 Å². The van der Waals surface area contributed by atoms with Crippen molar-refractivity contribution in [3.05, 3.63) is 57.3 Å². The fraction of sp³-hybridized carbons (Fsp3) is 0.304. The van der Waals surface area contributed by atoms with Crippen molar-refractivity contribution in [3.63, 3.8) is 0 Å². The summed E-state index contributed by atoms with van der Waals surface area (Å²) < 4.78 is 22.0. The zero-order valence-electron chi connectivity index (χ0n) is 17.9. The number of benzene rings is 2. The van der Waals surface area contributed by atoms with Crippen molar-refractivity contribution < 1.29 is 28.2 Å². The normalized spacial score (nSPS) is 10.2. The van der Waals surface area contributed by atoms with Crippen LogP contribution in [0.5, 0.6) is 11.5 Å². The Morgan fingerprint density at radius 1 is 1.07 bits per heavy atom. The zero-order valence-corrected chi connectivity index (χ0v) is 19.5. The van der Waals surface area contributed by atoms with Gasteiger partial charge < -0.3 is 18.6 Å². The molecule has 0 amide bonds. The molecule has 0 spiro atoms. The molecule has 3 rings (SSSR count). The number of methoxy groups -OCH3 is 1. The molecule has 30 heavy (non-hydrogen) atoms. The highest BCUT2D eigenvalue weighted by molar-refractivity contribution is 9.10. The molecular weight excluding hydrogens is 452 g/mol. The maximum Gasteiger partial charge on any atom is 0.343 e. The smallest absolute Gasteiger partial charge is 0.343 e. The molecule has 0 fully saturated rings. The minimum atomic E-state index is -0.528. The molecule has 0 aliphatic heterocycles. The Kier molecular flexibility index (Phi) is 8.06. The van der Waals surface area contributed by atoms with Crippen molar-refractivity contribution in [2.75, 3.05) is 13.7 Å². The number of fused-ring (bicyclic) bond motifs is 1. The van der Waals surface area contributed by atoms with Crippen molar-refractivity contribution in [2.24, 2.45) is 0 Å². The molecular formula is C23H25BrO6. The molecule has 0 aliphatic carbocycles. The molecule has 0 saturated carbocycles. The van der Waals surface area contributed by atoms with E-state index in [1.165, 1.54) is 0 Å². The second-order valence-electron chi connectivity index (χ2n) is 6.08. The SMILES string of the molecule is CC.CCOC(=O)c1c(C)oc2c(C)cc(OC(=O)c3ccc(OC)cc3)c(Br)c12. The van der Waals surface area contributed by atoms with Crippen LogP contribution in [-0.4, -0.2) is 25.7 Å². The second-order valence-corrected chi connectivity index (χ2v) is 6.87. The number of ether oxygens (including phenoxy) is 3. The van der Waals surface area contributed by atoms with Gasteiger partial charge in [0, 0.05) is 0 Å². The molecule has 7 heteroatoms. The third-order valence-electron chi connectivity index (χ3n) is 4.23. The van der Waals surface area contributed by atoms with Gasteiger partial charge in [-0.05, 0) is 72.6 Å². The van der Waals surface area contributed by atoms with E-state index in [1.54, 1.807) is 51.3 Å². The minimum absolute atomic E-state index is 0.244. The number of carbonyl (C=O) groups is 2. The van der Waals surface area contributed by atoms with Crippen LogP contribution >= 0.6 is 15.9 Å². The predicted octanol–water partition coefficient (Wildman–Crippen LogP) is 6.24. The summed E-state index contributed by atoms with van der Waals surface area (Å²) in [5, 5.41) is 0.522. The molecule has 0 radical (unpaired) electrons. The monoisotopic (exact) mass is 476 g/mol. The average Bonchev–Trinajstić information content (AvgIpc) is 3.11. The van der Waals surface area contributed by atoms with Gasteiger partial charge in [0.1, 0.15) is 28.4 Å². The summed E-state index contributed by atoms with van der Waals surface area (Å²) in [6, 6.07) is 8.28. The number of rotatable bonds is 5. The standard InChI is InChI=1S/C21H19BrO6.C2H6/c1-5-26-21(24)16-12(3)27-19-11(2)10-15(18(22)17(16)19)28-20(23)13-6-8-14(25-4)9-7-13;1-2/h6-10H,5H2,1-4H3;1-2H3. The maximum absolute atomic E-state index is 12.5. The molecule has 0 bridgehead atoms. The molecule has 3 aromatic rings. The van der Waals surface area contributed by atoms with Crippen molar-refractivity contribution >= 4 is 38.8 Å². The summed E-state index contributed by atoms with van der Waals surface area (Å²) in [6.45, 7) is 9.49. The van der Waals surface area contributed by atoms with E-state index < -0.39 is 11.9 Å². The topological polar surface area (TPSA) is 75.0 Å². The van der Waals surface area contributed by atoms with Gasteiger partial charge in [0.05, 0.1) is 29.1 Å². The summed E-state index contributed by atoms with van der Waals surface area (Å²) in [5.41, 5.74) is 1.96. The van der Waals surface area contributed by atoms with Gasteiger partial charge in [-0.3, -0.25) is 0 Å². The summed E-state index contributed by atoms with van der Waals surface area (Å²) in [4.78, 5) is 24.9. The lowest BCUT2D eigenvalue weighted by Gasteiger charge is -2.10. The number of aryl methyl sites for hydroxylation is 2. The maximum atomic E-state index is 12.5. The third kappa shape index (κ3) is 4.67. The molecule has 0 unspecified atom stereocenters. The first kappa shape index (κ1) is 23.5. The Morgan fingerprint density at radius 3 is 2.27 bits per heavy atom. The first-order chi connectivity index (χ1) is 14.4. The quantitative estimate of drug-likeness (QED) is 0.320. The summed E-state index contributed by atoms with van der Waals surface area (Å²) in [5.74, 6) is 0.355. The van der Waals surface area contributed by atoms with E-state index in [4.69, 9.17) is 18.6 Å². The molecule has 0 atom stereocenters. The Bertz CT molecular complexity index is 1050. The number of carbonyl (C=O) groups excluding carboxylic acids is 2. The van der Waals surface area contributed by atoms with Crippen LogP contribution in [0.2, 0.25) is 0 Å². The van der Waals surface area contributed by atoms with Crippen LogP contribution in [0.1, 0.15) is 52.8 Å². The van der Waals surface area contributed by atoms with E-state index in [0.717, 1.165) is 5.56 Å². The lowest BCUT2D eigenvalue weighted by atomic mass is 10.1. The number of esters is 2. The van der Waals surface area contributed by atoms with Crippen LogP contribution in [0.15, 0.2) is 39.2 Å². The van der Waals surface area contributed by atoms with Crippen molar-refractivity contribution in [3.8, 4) is 11.5 Å². The van der Waals surface area contributed by atoms with Gasteiger partial charge in [0.15, 0.2) is 0 Å². The van der Waals surface area contributed by atoms with Gasteiger partial charge in [0.25, 0.3) is 0 Å². The van der Waals surface area contributed by atoms with Gasteiger partial charge in [0.2, 0.25) is 0 Å². The molecule has 0 saturated heterocycles. The molecule has 1 aromatic heterocycles. The molecule has 6 nitrogen and oxygen atoms in total. The second kappa shape index (κ2) is 10.3. The largest absolute Gasteiger partial charge is 0.497 e. The summed E-state index contributed by atoms with van der Waals surface area (Å²) >= 11 is 3.46. The average molecular weight is 477 g/mol. The highest BCUT2D eigenvalue weighted by Gasteiger charge is 2.25. The van der Waals surface area contributed by atoms with Crippen molar-refractivity contribution in [2.45, 2.75) is 34.6 Å². The lowest BCUT2D eigenvalue weighted by Crippen LogP contribution is -2.09. The highest BCUT2D eigenvalue weighted by atomic mass is 79.9. The van der Waals surface area contributed by atoms with E-state index in [9.17, 15) is 9.59 Å². The molecule has 1 heterocycles. The zero-order chi connectivity index (χ0) is 22.4. The Hall–Kier alpha value is -2.80. The van der Waals surface area contributed by atoms with Gasteiger partial charge >= 0.3 is 11.9 Å². The van der Waals surface area contributed by atoms with Gasteiger partial charge in [-0.1, -0.05) is 13.8 Å². The van der Waals surface area contributed by atoms with Crippen molar-refractivity contribution in [1.82, 2.24) is 0 Å². The first-order valence-corrected chi connectivity index (χ1v) is 10.4. The Morgan fingerprint density at radius 2 is 1.70 bits per heavy atom. The van der Waals surface area contributed by atoms with E-state index in [0.29, 0.717) is 38.1 Å². The Balaban J connectivity index is 0.00000155. The van der Waals surface area contributed by atoms with Crippen LogP contribution in [0, 0.1) is 13.8 Å². The van der Waals surface area contributed by atoms with Gasteiger partial charge in [-0.15, -0.1) is 0 Å². The number of furan rings is 1. The van der Waals surface area contributed by atoms with E-state index in [-0.39, 0.29) is 12.4 Å². The number of hydrogen-bond donors (Lipinski definition) is 0. The molecule has 2 aromatic carbocycles. The van der Waals surface area contributed by atoms with E-state index >= 15 is 0 Å². The Labute approximate surface area is 184 Å². The van der Waals surface area contributed by atoms with E-state index in [2.05, 4.69) is 15.9 Å². The predicted molar refractivity (Wildman–Crippen MR) is 119 cm³/mol. The summed E-state index contributed by atoms with van der Waals surface area (Å²) in [7, 11) is 1.55. The minimum Gasteiger partial charge on any atom is -0.497 e. The first-order valence-electron chi connectivity index (χ1n) is 9.62. The van der Waals surface area contributed by atoms with Crippen LogP contribution in [0.3, 0.4) is 0 Å². The lowest BCUT2D eigenvalue weighted by molar-refractivity contribution is 0.0526. The van der Waals surface area contributed by atoms with Crippen LogP contribution < -0.4 is 9.47 Å². The molecule has 0 aliphatic rings. The van der Waals surface area contributed by atoms with Gasteiger partial charge in [-0.25, -0.2) is 9.59 Å². The summed E-state index contributed by atoms with van der Waals surface area (Å²) in [6.07, 6.45) is 0. The van der Waals surface area contributed by atoms with Gasteiger partial charge in [-0.2, -0.15) is 0 Å².